The quantitative estimate of drug-likeness (QED) is 0.628. The van der Waals surface area contributed by atoms with Crippen LogP contribution in [0.3, 0.4) is 0 Å². The summed E-state index contributed by atoms with van der Waals surface area (Å²) in [6.07, 6.45) is 5.43. The molecule has 2 N–H and O–H groups in total. The summed E-state index contributed by atoms with van der Waals surface area (Å²) in [5, 5.41) is 1.07. The summed E-state index contributed by atoms with van der Waals surface area (Å²) in [6, 6.07) is 3.86. The van der Waals surface area contributed by atoms with Gasteiger partial charge in [0.25, 0.3) is 0 Å². The zero-order chi connectivity index (χ0) is 9.54. The first-order chi connectivity index (χ1) is 6.90. The van der Waals surface area contributed by atoms with Crippen molar-refractivity contribution in [1.29, 1.82) is 0 Å². The minimum atomic E-state index is 0.442. The number of hydrogen-bond acceptors (Lipinski definition) is 3. The number of nitrogens with two attached hydrogens (primary N) is 1. The number of pyridine rings is 1. The zero-order valence-corrected chi connectivity index (χ0v) is 7.47. The van der Waals surface area contributed by atoms with Gasteiger partial charge in [-0.1, -0.05) is 0 Å². The van der Waals surface area contributed by atoms with E-state index in [0.717, 1.165) is 22.3 Å². The molecule has 4 nitrogen and oxygen atoms in total. The van der Waals surface area contributed by atoms with Crippen LogP contribution in [-0.4, -0.2) is 9.38 Å². The lowest BCUT2D eigenvalue weighted by Gasteiger charge is -1.97. The summed E-state index contributed by atoms with van der Waals surface area (Å²) >= 11 is 0. The van der Waals surface area contributed by atoms with E-state index in [9.17, 15) is 0 Å². The lowest BCUT2D eigenvalue weighted by molar-refractivity contribution is 0.615. The molecule has 0 aliphatic rings. The van der Waals surface area contributed by atoms with E-state index < -0.39 is 0 Å². The van der Waals surface area contributed by atoms with Gasteiger partial charge in [-0.05, 0) is 12.1 Å². The van der Waals surface area contributed by atoms with E-state index in [2.05, 4.69) is 4.98 Å². The van der Waals surface area contributed by atoms with Crippen molar-refractivity contribution in [3.05, 3.63) is 36.6 Å². The smallest absolute Gasteiger partial charge is 0.137 e. The highest BCUT2D eigenvalue weighted by Gasteiger charge is 2.06. The van der Waals surface area contributed by atoms with Crippen LogP contribution in [0.1, 0.15) is 5.82 Å². The molecule has 3 aromatic rings. The fraction of sp³-hybridized carbons (Fsp3) is 0.100. The zero-order valence-electron chi connectivity index (χ0n) is 7.47. The second-order valence-electron chi connectivity index (χ2n) is 3.15. The van der Waals surface area contributed by atoms with Crippen molar-refractivity contribution in [3.8, 4) is 0 Å². The van der Waals surface area contributed by atoms with Gasteiger partial charge >= 0.3 is 0 Å². The molecule has 0 fully saturated rings. The first-order valence-corrected chi connectivity index (χ1v) is 4.42. The molecule has 0 amide bonds. The molecule has 0 unspecified atom stereocenters. The molecule has 0 radical (unpaired) electrons. The molecule has 0 aromatic carbocycles. The summed E-state index contributed by atoms with van der Waals surface area (Å²) < 4.78 is 7.28. The maximum atomic E-state index is 5.57. The Bertz CT molecular complexity index is 593. The average molecular weight is 187 g/mol. The Kier molecular flexibility index (Phi) is 1.40. The predicted molar refractivity (Wildman–Crippen MR) is 52.9 cm³/mol. The Labute approximate surface area is 80.0 Å². The molecule has 3 heterocycles. The monoisotopic (exact) mass is 187 g/mol. The Morgan fingerprint density at radius 1 is 1.43 bits per heavy atom. The minimum Gasteiger partial charge on any atom is -0.464 e. The molecule has 0 saturated heterocycles. The second kappa shape index (κ2) is 2.59. The molecular weight excluding hydrogens is 178 g/mol. The third-order valence-corrected chi connectivity index (χ3v) is 2.40. The highest BCUT2D eigenvalue weighted by atomic mass is 16.3. The number of nitrogens with zero attached hydrogens (tertiary/aromatic N) is 2. The standard InChI is InChI=1S/C10H9N3O/c11-5-10-12-6-8-7-2-4-14-9(7)1-3-13(8)10/h1-4,6H,5,11H2. The number of rotatable bonds is 1. The molecular formula is C10H9N3O. The maximum absolute atomic E-state index is 5.57. The van der Waals surface area contributed by atoms with Crippen LogP contribution in [-0.2, 0) is 6.54 Å². The van der Waals surface area contributed by atoms with Crippen molar-refractivity contribution in [1.82, 2.24) is 9.38 Å². The van der Waals surface area contributed by atoms with Crippen LogP contribution in [0, 0.1) is 0 Å². The normalized spacial score (nSPS) is 11.5. The predicted octanol–water partition coefficient (Wildman–Crippen LogP) is 1.54. The highest BCUT2D eigenvalue weighted by molar-refractivity contribution is 5.92. The van der Waals surface area contributed by atoms with Crippen LogP contribution in [0.4, 0.5) is 0 Å². The van der Waals surface area contributed by atoms with Crippen molar-refractivity contribution < 1.29 is 4.42 Å². The van der Waals surface area contributed by atoms with E-state index in [4.69, 9.17) is 10.2 Å². The van der Waals surface area contributed by atoms with Gasteiger partial charge in [0.15, 0.2) is 0 Å². The van der Waals surface area contributed by atoms with Crippen LogP contribution >= 0.6 is 0 Å². The third-order valence-electron chi connectivity index (χ3n) is 2.40. The van der Waals surface area contributed by atoms with Gasteiger partial charge in [0.2, 0.25) is 0 Å². The van der Waals surface area contributed by atoms with Crippen LogP contribution in [0.5, 0.6) is 0 Å². The van der Waals surface area contributed by atoms with Gasteiger partial charge in [-0.15, -0.1) is 0 Å². The molecule has 0 spiro atoms. The maximum Gasteiger partial charge on any atom is 0.137 e. The van der Waals surface area contributed by atoms with Crippen LogP contribution < -0.4 is 5.73 Å². The number of imidazole rings is 1. The SMILES string of the molecule is NCc1ncc2c3ccoc3ccn12. The van der Waals surface area contributed by atoms with Gasteiger partial charge in [-0.2, -0.15) is 0 Å². The molecule has 0 atom stereocenters. The Morgan fingerprint density at radius 3 is 3.21 bits per heavy atom. The van der Waals surface area contributed by atoms with E-state index in [1.807, 2.05) is 28.9 Å². The Hall–Kier alpha value is -1.81. The third kappa shape index (κ3) is 0.831. The first kappa shape index (κ1) is 7.58. The van der Waals surface area contributed by atoms with Crippen molar-refractivity contribution >= 4 is 16.5 Å². The summed E-state index contributed by atoms with van der Waals surface area (Å²) in [7, 11) is 0. The van der Waals surface area contributed by atoms with Crippen LogP contribution in [0.2, 0.25) is 0 Å². The number of fused-ring (bicyclic) bond motifs is 3. The first-order valence-electron chi connectivity index (χ1n) is 4.42. The van der Waals surface area contributed by atoms with Crippen molar-refractivity contribution in [3.63, 3.8) is 0 Å². The minimum absolute atomic E-state index is 0.442. The summed E-state index contributed by atoms with van der Waals surface area (Å²) in [5.74, 6) is 0.864. The number of furan rings is 1. The molecule has 70 valence electrons. The molecule has 0 saturated carbocycles. The number of hydrogen-bond donors (Lipinski definition) is 1. The van der Waals surface area contributed by atoms with E-state index in [-0.39, 0.29) is 0 Å². The highest BCUT2D eigenvalue weighted by Crippen LogP contribution is 2.21. The molecule has 0 aliphatic heterocycles. The van der Waals surface area contributed by atoms with Gasteiger partial charge in [0, 0.05) is 11.6 Å². The van der Waals surface area contributed by atoms with Gasteiger partial charge in [0.1, 0.15) is 11.4 Å². The van der Waals surface area contributed by atoms with Gasteiger partial charge in [-0.3, -0.25) is 0 Å². The molecule has 3 rings (SSSR count). The van der Waals surface area contributed by atoms with Gasteiger partial charge in [0.05, 0.1) is 24.5 Å². The summed E-state index contributed by atoms with van der Waals surface area (Å²) in [4.78, 5) is 4.24. The topological polar surface area (TPSA) is 56.5 Å². The Balaban J connectivity index is 2.52. The number of aromatic nitrogens is 2. The average Bonchev–Trinajstić information content (AvgIpc) is 2.82. The fourth-order valence-electron chi connectivity index (χ4n) is 1.72. The van der Waals surface area contributed by atoms with E-state index >= 15 is 0 Å². The van der Waals surface area contributed by atoms with E-state index in [1.165, 1.54) is 0 Å². The molecule has 4 heteroatoms. The van der Waals surface area contributed by atoms with Crippen molar-refractivity contribution in [2.45, 2.75) is 6.54 Å². The van der Waals surface area contributed by atoms with Crippen molar-refractivity contribution in [2.24, 2.45) is 5.73 Å². The molecule has 0 aliphatic carbocycles. The fourth-order valence-corrected chi connectivity index (χ4v) is 1.72. The van der Waals surface area contributed by atoms with Crippen molar-refractivity contribution in [2.75, 3.05) is 0 Å². The molecule has 14 heavy (non-hydrogen) atoms. The largest absolute Gasteiger partial charge is 0.464 e. The lowest BCUT2D eigenvalue weighted by atomic mass is 10.3. The van der Waals surface area contributed by atoms with Crippen LogP contribution in [0.15, 0.2) is 35.2 Å². The van der Waals surface area contributed by atoms with Crippen LogP contribution in [0.25, 0.3) is 16.5 Å². The summed E-state index contributed by atoms with van der Waals surface area (Å²) in [6.45, 7) is 0.442. The van der Waals surface area contributed by atoms with Gasteiger partial charge < -0.3 is 14.6 Å². The van der Waals surface area contributed by atoms with Gasteiger partial charge in [-0.25, -0.2) is 4.98 Å². The molecule has 0 bridgehead atoms. The Morgan fingerprint density at radius 2 is 2.36 bits per heavy atom. The van der Waals surface area contributed by atoms with E-state index in [1.54, 1.807) is 6.26 Å². The van der Waals surface area contributed by atoms with E-state index in [0.29, 0.717) is 6.54 Å². The lowest BCUT2D eigenvalue weighted by Crippen LogP contribution is -2.01. The molecule has 3 aromatic heterocycles. The second-order valence-corrected chi connectivity index (χ2v) is 3.15. The summed E-state index contributed by atoms with van der Waals surface area (Å²) in [5.41, 5.74) is 7.49.